The quantitative estimate of drug-likeness (QED) is 0.773. The number of benzene rings is 1. The van der Waals surface area contributed by atoms with E-state index in [-0.39, 0.29) is 18.1 Å². The number of likely N-dealkylation sites (N-methyl/N-ethyl adjacent to an activating group) is 1. The number of carbonyl (C=O) groups is 1. The summed E-state index contributed by atoms with van der Waals surface area (Å²) >= 11 is 0. The molecule has 1 aliphatic heterocycles. The van der Waals surface area contributed by atoms with E-state index in [0.717, 1.165) is 30.8 Å². The average Bonchev–Trinajstić information content (AvgIpc) is 2.75. The monoisotopic (exact) mass is 262 g/mol. The van der Waals surface area contributed by atoms with Crippen LogP contribution in [0, 0.1) is 0 Å². The summed E-state index contributed by atoms with van der Waals surface area (Å²) in [6.45, 7) is 3.89. The number of nitrogens with one attached hydrogen (secondary N) is 2. The second-order valence-corrected chi connectivity index (χ2v) is 5.26. The van der Waals surface area contributed by atoms with E-state index in [1.165, 1.54) is 0 Å². The van der Waals surface area contributed by atoms with Gasteiger partial charge in [-0.3, -0.25) is 0 Å². The minimum Gasteiger partial charge on any atom is -0.334 e. The predicted octanol–water partition coefficient (Wildman–Crippen LogP) is 1.53. The van der Waals surface area contributed by atoms with E-state index in [2.05, 4.69) is 22.6 Å². The van der Waals surface area contributed by atoms with Crippen LogP contribution in [0.3, 0.4) is 0 Å². The van der Waals surface area contributed by atoms with Crippen LogP contribution in [-0.2, 0) is 0 Å². The second kappa shape index (κ2) is 6.04. The molecule has 2 unspecified atom stereocenters. The minimum atomic E-state index is -0.145. The fraction of sp³-hybridized carbons (Fsp3) is 0.500. The van der Waals surface area contributed by atoms with Gasteiger partial charge in [0, 0.05) is 24.3 Å². The fourth-order valence-corrected chi connectivity index (χ4v) is 2.28. The van der Waals surface area contributed by atoms with Gasteiger partial charge in [-0.15, -0.1) is 0 Å². The number of urea groups is 1. The summed E-state index contributed by atoms with van der Waals surface area (Å²) in [4.78, 5) is 14.0. The van der Waals surface area contributed by atoms with Gasteiger partial charge < -0.3 is 21.3 Å². The zero-order valence-electron chi connectivity index (χ0n) is 11.5. The zero-order valence-corrected chi connectivity index (χ0v) is 11.5. The van der Waals surface area contributed by atoms with Crippen molar-refractivity contribution in [2.75, 3.05) is 25.5 Å². The highest BCUT2D eigenvalue weighted by Crippen LogP contribution is 2.14. The fourth-order valence-electron chi connectivity index (χ4n) is 2.28. The van der Waals surface area contributed by atoms with Crippen LogP contribution in [0.15, 0.2) is 24.3 Å². The smallest absolute Gasteiger partial charge is 0.319 e. The normalized spacial score (nSPS) is 21.1. The molecule has 5 heteroatoms. The van der Waals surface area contributed by atoms with Gasteiger partial charge in [-0.2, -0.15) is 0 Å². The lowest BCUT2D eigenvalue weighted by Gasteiger charge is -2.14. The number of amides is 2. The molecule has 5 nitrogen and oxygen atoms in total. The Morgan fingerprint density at radius 3 is 2.63 bits per heavy atom. The molecule has 4 N–H and O–H groups in total. The van der Waals surface area contributed by atoms with E-state index in [9.17, 15) is 4.79 Å². The van der Waals surface area contributed by atoms with E-state index in [0.29, 0.717) is 0 Å². The number of nitrogens with zero attached hydrogens (tertiary/aromatic N) is 1. The van der Waals surface area contributed by atoms with E-state index in [1.807, 2.05) is 31.2 Å². The SMILES string of the molecule is CC(N)c1ccc(NC(=O)NC2CCN(C)C2)cc1. The van der Waals surface area contributed by atoms with Crippen molar-refractivity contribution in [1.82, 2.24) is 10.2 Å². The maximum absolute atomic E-state index is 11.8. The Hall–Kier alpha value is -1.59. The average molecular weight is 262 g/mol. The lowest BCUT2D eigenvalue weighted by Crippen LogP contribution is -2.39. The van der Waals surface area contributed by atoms with Crippen molar-refractivity contribution in [1.29, 1.82) is 0 Å². The number of nitrogens with two attached hydrogens (primary N) is 1. The molecule has 2 atom stereocenters. The summed E-state index contributed by atoms with van der Waals surface area (Å²) in [5.74, 6) is 0. The molecule has 0 bridgehead atoms. The van der Waals surface area contributed by atoms with Crippen LogP contribution in [0.2, 0.25) is 0 Å². The molecular formula is C14H22N4O. The first kappa shape index (κ1) is 13.8. The van der Waals surface area contributed by atoms with Crippen LogP contribution in [0.25, 0.3) is 0 Å². The Morgan fingerprint density at radius 1 is 1.42 bits per heavy atom. The number of carbonyl (C=O) groups excluding carboxylic acids is 1. The highest BCUT2D eigenvalue weighted by Gasteiger charge is 2.20. The molecular weight excluding hydrogens is 240 g/mol. The zero-order chi connectivity index (χ0) is 13.8. The van der Waals surface area contributed by atoms with Gasteiger partial charge in [0.15, 0.2) is 0 Å². The standard InChI is InChI=1S/C14H22N4O/c1-10(15)11-3-5-12(6-4-11)16-14(19)17-13-7-8-18(2)9-13/h3-6,10,13H,7-9,15H2,1-2H3,(H2,16,17,19). The number of likely N-dealkylation sites (tertiary alicyclic amines) is 1. The van der Waals surface area contributed by atoms with E-state index in [4.69, 9.17) is 5.73 Å². The molecule has 19 heavy (non-hydrogen) atoms. The largest absolute Gasteiger partial charge is 0.334 e. The minimum absolute atomic E-state index is 0.0110. The molecule has 0 saturated carbocycles. The molecule has 1 heterocycles. The molecule has 104 valence electrons. The number of hydrogen-bond acceptors (Lipinski definition) is 3. The van der Waals surface area contributed by atoms with Crippen LogP contribution < -0.4 is 16.4 Å². The third-order valence-corrected chi connectivity index (χ3v) is 3.42. The lowest BCUT2D eigenvalue weighted by molar-refractivity contribution is 0.248. The van der Waals surface area contributed by atoms with Crippen molar-refractivity contribution < 1.29 is 4.79 Å². The first-order valence-corrected chi connectivity index (χ1v) is 6.66. The number of hydrogen-bond donors (Lipinski definition) is 3. The Kier molecular flexibility index (Phi) is 4.39. The van der Waals surface area contributed by atoms with Crippen LogP contribution in [0.5, 0.6) is 0 Å². The summed E-state index contributed by atoms with van der Waals surface area (Å²) in [6, 6.07) is 7.73. The van der Waals surface area contributed by atoms with Crippen molar-refractivity contribution in [3.8, 4) is 0 Å². The van der Waals surface area contributed by atoms with E-state index < -0.39 is 0 Å². The van der Waals surface area contributed by atoms with Crippen LogP contribution >= 0.6 is 0 Å². The molecule has 1 aromatic rings. The van der Waals surface area contributed by atoms with Crippen LogP contribution in [0.4, 0.5) is 10.5 Å². The summed E-state index contributed by atoms with van der Waals surface area (Å²) < 4.78 is 0. The molecule has 0 radical (unpaired) electrons. The predicted molar refractivity (Wildman–Crippen MR) is 77.1 cm³/mol. The summed E-state index contributed by atoms with van der Waals surface area (Å²) in [6.07, 6.45) is 1.01. The van der Waals surface area contributed by atoms with Crippen LogP contribution in [-0.4, -0.2) is 37.1 Å². The van der Waals surface area contributed by atoms with Gasteiger partial charge in [0.1, 0.15) is 0 Å². The van der Waals surface area contributed by atoms with Gasteiger partial charge in [-0.05, 0) is 44.6 Å². The molecule has 0 aliphatic carbocycles. The van der Waals surface area contributed by atoms with Crippen molar-refractivity contribution in [3.63, 3.8) is 0 Å². The van der Waals surface area contributed by atoms with Gasteiger partial charge in [0.05, 0.1) is 0 Å². The van der Waals surface area contributed by atoms with Gasteiger partial charge >= 0.3 is 6.03 Å². The Morgan fingerprint density at radius 2 is 2.11 bits per heavy atom. The van der Waals surface area contributed by atoms with Gasteiger partial charge in [0.25, 0.3) is 0 Å². The maximum atomic E-state index is 11.8. The Balaban J connectivity index is 1.85. The maximum Gasteiger partial charge on any atom is 0.319 e. The topological polar surface area (TPSA) is 70.4 Å². The lowest BCUT2D eigenvalue weighted by atomic mass is 10.1. The van der Waals surface area contributed by atoms with Crippen molar-refractivity contribution in [3.05, 3.63) is 29.8 Å². The third-order valence-electron chi connectivity index (χ3n) is 3.42. The van der Waals surface area contributed by atoms with Crippen molar-refractivity contribution in [2.45, 2.75) is 25.4 Å². The summed E-state index contributed by atoms with van der Waals surface area (Å²) in [7, 11) is 2.06. The Bertz CT molecular complexity index is 430. The molecule has 1 aromatic carbocycles. The van der Waals surface area contributed by atoms with E-state index in [1.54, 1.807) is 0 Å². The number of anilines is 1. The van der Waals surface area contributed by atoms with Crippen molar-refractivity contribution >= 4 is 11.7 Å². The summed E-state index contributed by atoms with van der Waals surface area (Å²) in [5.41, 5.74) is 7.63. The molecule has 2 amide bonds. The van der Waals surface area contributed by atoms with Gasteiger partial charge in [-0.1, -0.05) is 12.1 Å². The highest BCUT2D eigenvalue weighted by atomic mass is 16.2. The Labute approximate surface area is 114 Å². The summed E-state index contributed by atoms with van der Waals surface area (Å²) in [5, 5.41) is 5.82. The van der Waals surface area contributed by atoms with Gasteiger partial charge in [-0.25, -0.2) is 4.79 Å². The first-order chi connectivity index (χ1) is 9.04. The van der Waals surface area contributed by atoms with Crippen molar-refractivity contribution in [2.24, 2.45) is 5.73 Å². The molecule has 1 saturated heterocycles. The molecule has 2 rings (SSSR count). The molecule has 0 aromatic heterocycles. The molecule has 0 spiro atoms. The van der Waals surface area contributed by atoms with Gasteiger partial charge in [0.2, 0.25) is 0 Å². The second-order valence-electron chi connectivity index (χ2n) is 5.26. The first-order valence-electron chi connectivity index (χ1n) is 6.66. The highest BCUT2D eigenvalue weighted by molar-refractivity contribution is 5.89. The van der Waals surface area contributed by atoms with E-state index >= 15 is 0 Å². The molecule has 1 fully saturated rings. The third kappa shape index (κ3) is 3.94. The van der Waals surface area contributed by atoms with Crippen LogP contribution in [0.1, 0.15) is 24.9 Å². The number of rotatable bonds is 3. The molecule has 1 aliphatic rings.